The first-order chi connectivity index (χ1) is 7.72. The molecule has 0 saturated carbocycles. The van der Waals surface area contributed by atoms with E-state index in [0.717, 1.165) is 36.5 Å². The molecule has 1 fully saturated rings. The second-order valence-corrected chi connectivity index (χ2v) is 4.90. The van der Waals surface area contributed by atoms with Crippen molar-refractivity contribution in [3.05, 3.63) is 28.8 Å². The van der Waals surface area contributed by atoms with Crippen LogP contribution in [0.1, 0.15) is 18.4 Å². The first-order valence-electron chi connectivity index (χ1n) is 5.83. The Morgan fingerprint density at radius 1 is 1.38 bits per heavy atom. The van der Waals surface area contributed by atoms with Crippen molar-refractivity contribution in [2.45, 2.75) is 19.8 Å². The highest BCUT2D eigenvalue weighted by Gasteiger charge is 2.19. The van der Waals surface area contributed by atoms with Crippen molar-refractivity contribution in [3.63, 3.8) is 0 Å². The van der Waals surface area contributed by atoms with Gasteiger partial charge in [0.05, 0.1) is 0 Å². The first-order valence-corrected chi connectivity index (χ1v) is 6.21. The van der Waals surface area contributed by atoms with Gasteiger partial charge in [0.1, 0.15) is 0 Å². The topological polar surface area (TPSA) is 23.5 Å². The lowest BCUT2D eigenvalue weighted by atomic mass is 9.97. The van der Waals surface area contributed by atoms with E-state index in [1.54, 1.807) is 0 Å². The highest BCUT2D eigenvalue weighted by Crippen LogP contribution is 2.29. The smallest absolute Gasteiger partial charge is 0.0460 e. The van der Waals surface area contributed by atoms with E-state index < -0.39 is 0 Å². The lowest BCUT2D eigenvalue weighted by Gasteiger charge is -2.34. The Bertz CT molecular complexity index is 359. The van der Waals surface area contributed by atoms with E-state index in [9.17, 15) is 0 Å². The van der Waals surface area contributed by atoms with Crippen LogP contribution in [0.3, 0.4) is 0 Å². The summed E-state index contributed by atoms with van der Waals surface area (Å²) in [6.07, 6.45) is 2.14. The van der Waals surface area contributed by atoms with Crippen LogP contribution in [0.15, 0.2) is 18.2 Å². The fourth-order valence-electron chi connectivity index (χ4n) is 2.30. The SMILES string of the molecule is Cc1c(Cl)cccc1N1CCC(CO)CC1. The van der Waals surface area contributed by atoms with E-state index in [2.05, 4.69) is 17.9 Å². The number of aliphatic hydroxyl groups is 1. The normalized spacial score (nSPS) is 17.8. The van der Waals surface area contributed by atoms with Crippen molar-refractivity contribution in [3.8, 4) is 0 Å². The van der Waals surface area contributed by atoms with E-state index in [0.29, 0.717) is 12.5 Å². The average molecular weight is 240 g/mol. The van der Waals surface area contributed by atoms with Gasteiger partial charge in [-0.05, 0) is 43.4 Å². The van der Waals surface area contributed by atoms with Gasteiger partial charge in [-0.3, -0.25) is 0 Å². The summed E-state index contributed by atoms with van der Waals surface area (Å²) < 4.78 is 0. The summed E-state index contributed by atoms with van der Waals surface area (Å²) in [6.45, 7) is 4.43. The Morgan fingerprint density at radius 2 is 2.06 bits per heavy atom. The Kier molecular flexibility index (Phi) is 3.72. The van der Waals surface area contributed by atoms with Gasteiger partial charge in [-0.25, -0.2) is 0 Å². The molecule has 1 saturated heterocycles. The van der Waals surface area contributed by atoms with Crippen LogP contribution >= 0.6 is 11.6 Å². The average Bonchev–Trinajstić information content (AvgIpc) is 2.33. The zero-order valence-electron chi connectivity index (χ0n) is 9.62. The first kappa shape index (κ1) is 11.7. The molecule has 88 valence electrons. The van der Waals surface area contributed by atoms with E-state index in [1.165, 1.54) is 5.69 Å². The molecule has 2 nitrogen and oxygen atoms in total. The summed E-state index contributed by atoms with van der Waals surface area (Å²) in [7, 11) is 0. The van der Waals surface area contributed by atoms with Crippen molar-refractivity contribution >= 4 is 17.3 Å². The number of rotatable bonds is 2. The van der Waals surface area contributed by atoms with Crippen LogP contribution in [0.25, 0.3) is 0 Å². The lowest BCUT2D eigenvalue weighted by Crippen LogP contribution is -2.35. The van der Waals surface area contributed by atoms with Crippen molar-refractivity contribution in [2.75, 3.05) is 24.6 Å². The van der Waals surface area contributed by atoms with Gasteiger partial charge in [0.15, 0.2) is 0 Å². The largest absolute Gasteiger partial charge is 0.396 e. The third-order valence-corrected chi connectivity index (χ3v) is 3.86. The predicted octanol–water partition coefficient (Wildman–Crippen LogP) is 2.86. The number of hydrogen-bond acceptors (Lipinski definition) is 2. The van der Waals surface area contributed by atoms with E-state index >= 15 is 0 Å². The van der Waals surface area contributed by atoms with Crippen LogP contribution in [0.5, 0.6) is 0 Å². The second kappa shape index (κ2) is 5.07. The molecule has 1 aliphatic heterocycles. The number of piperidine rings is 1. The van der Waals surface area contributed by atoms with Crippen molar-refractivity contribution in [1.29, 1.82) is 0 Å². The van der Waals surface area contributed by atoms with Crippen molar-refractivity contribution < 1.29 is 5.11 Å². The van der Waals surface area contributed by atoms with Crippen LogP contribution in [0, 0.1) is 12.8 Å². The van der Waals surface area contributed by atoms with Crippen molar-refractivity contribution in [2.24, 2.45) is 5.92 Å². The van der Waals surface area contributed by atoms with E-state index in [-0.39, 0.29) is 0 Å². The van der Waals surface area contributed by atoms with Gasteiger partial charge in [-0.15, -0.1) is 0 Å². The molecular weight excluding hydrogens is 222 g/mol. The fourth-order valence-corrected chi connectivity index (χ4v) is 2.46. The minimum absolute atomic E-state index is 0.322. The molecule has 0 atom stereocenters. The van der Waals surface area contributed by atoms with Crippen LogP contribution in [-0.2, 0) is 0 Å². The van der Waals surface area contributed by atoms with Gasteiger partial charge in [-0.1, -0.05) is 17.7 Å². The third-order valence-electron chi connectivity index (χ3n) is 3.45. The number of halogens is 1. The quantitative estimate of drug-likeness (QED) is 0.858. The van der Waals surface area contributed by atoms with Crippen LogP contribution < -0.4 is 4.90 Å². The van der Waals surface area contributed by atoms with Gasteiger partial charge in [0.2, 0.25) is 0 Å². The second-order valence-electron chi connectivity index (χ2n) is 4.50. The highest BCUT2D eigenvalue weighted by molar-refractivity contribution is 6.31. The number of nitrogens with zero attached hydrogens (tertiary/aromatic N) is 1. The third kappa shape index (κ3) is 2.33. The maximum atomic E-state index is 9.11. The molecule has 2 rings (SSSR count). The Morgan fingerprint density at radius 3 is 2.69 bits per heavy atom. The summed E-state index contributed by atoms with van der Waals surface area (Å²) in [4.78, 5) is 2.37. The van der Waals surface area contributed by atoms with Crippen LogP contribution in [0.4, 0.5) is 5.69 Å². The summed E-state index contributed by atoms with van der Waals surface area (Å²) >= 11 is 6.12. The van der Waals surface area contributed by atoms with Crippen LogP contribution in [-0.4, -0.2) is 24.8 Å². The van der Waals surface area contributed by atoms with Gasteiger partial charge in [0.25, 0.3) is 0 Å². The summed E-state index contributed by atoms with van der Waals surface area (Å²) in [5.41, 5.74) is 2.40. The molecule has 1 N–H and O–H groups in total. The number of hydrogen-bond donors (Lipinski definition) is 1. The monoisotopic (exact) mass is 239 g/mol. The fraction of sp³-hybridized carbons (Fsp3) is 0.538. The molecule has 0 aliphatic carbocycles. The Labute approximate surface area is 102 Å². The van der Waals surface area contributed by atoms with Crippen molar-refractivity contribution in [1.82, 2.24) is 0 Å². The van der Waals surface area contributed by atoms with E-state index in [4.69, 9.17) is 16.7 Å². The molecule has 0 spiro atoms. The summed E-state index contributed by atoms with van der Waals surface area (Å²) in [5, 5.41) is 9.94. The van der Waals surface area contributed by atoms with Gasteiger partial charge >= 0.3 is 0 Å². The molecule has 1 aliphatic rings. The minimum Gasteiger partial charge on any atom is -0.396 e. The summed E-state index contributed by atoms with van der Waals surface area (Å²) in [6, 6.07) is 6.06. The molecule has 0 radical (unpaired) electrons. The molecule has 1 aromatic carbocycles. The lowest BCUT2D eigenvalue weighted by molar-refractivity contribution is 0.203. The Balaban J connectivity index is 2.11. The molecule has 0 amide bonds. The maximum Gasteiger partial charge on any atom is 0.0460 e. The standard InChI is InChI=1S/C13H18ClNO/c1-10-12(14)3-2-4-13(10)15-7-5-11(9-16)6-8-15/h2-4,11,16H,5-9H2,1H3. The molecule has 16 heavy (non-hydrogen) atoms. The minimum atomic E-state index is 0.322. The Hall–Kier alpha value is -0.730. The molecule has 1 heterocycles. The zero-order chi connectivity index (χ0) is 11.5. The zero-order valence-corrected chi connectivity index (χ0v) is 10.4. The van der Waals surface area contributed by atoms with E-state index in [1.807, 2.05) is 12.1 Å². The summed E-state index contributed by atoms with van der Waals surface area (Å²) in [5.74, 6) is 0.482. The van der Waals surface area contributed by atoms with Gasteiger partial charge in [0, 0.05) is 30.4 Å². The number of aliphatic hydroxyl groups excluding tert-OH is 1. The molecule has 0 bridgehead atoms. The molecular formula is C13H18ClNO. The number of benzene rings is 1. The molecule has 0 aromatic heterocycles. The van der Waals surface area contributed by atoms with Crippen LogP contribution in [0.2, 0.25) is 5.02 Å². The predicted molar refractivity (Wildman–Crippen MR) is 68.2 cm³/mol. The molecule has 0 unspecified atom stereocenters. The maximum absolute atomic E-state index is 9.11. The van der Waals surface area contributed by atoms with Gasteiger partial charge < -0.3 is 10.0 Å². The highest BCUT2D eigenvalue weighted by atomic mass is 35.5. The number of anilines is 1. The molecule has 1 aromatic rings. The molecule has 3 heteroatoms. The van der Waals surface area contributed by atoms with Gasteiger partial charge in [-0.2, -0.15) is 0 Å².